The molecule has 0 aliphatic heterocycles. The van der Waals surface area contributed by atoms with Crippen LogP contribution in [0.3, 0.4) is 0 Å². The molecule has 28 heavy (non-hydrogen) atoms. The number of hydrogen-bond acceptors (Lipinski definition) is 3. The molecule has 1 fully saturated rings. The smallest absolute Gasteiger partial charge is 0.207 e. The lowest BCUT2D eigenvalue weighted by Crippen LogP contribution is -2.29. The van der Waals surface area contributed by atoms with Crippen LogP contribution in [0.1, 0.15) is 47.9 Å². The van der Waals surface area contributed by atoms with Gasteiger partial charge in [-0.3, -0.25) is 0 Å². The molecule has 1 N–H and O–H groups in total. The summed E-state index contributed by atoms with van der Waals surface area (Å²) in [6, 6.07) is 17.5. The molecule has 0 bridgehead atoms. The zero-order valence-corrected chi connectivity index (χ0v) is 17.0. The highest BCUT2D eigenvalue weighted by Crippen LogP contribution is 2.44. The van der Waals surface area contributed by atoms with Gasteiger partial charge in [0.1, 0.15) is 10.0 Å². The lowest BCUT2D eigenvalue weighted by Gasteiger charge is -2.20. The summed E-state index contributed by atoms with van der Waals surface area (Å²) in [6.07, 6.45) is 3.34. The summed E-state index contributed by atoms with van der Waals surface area (Å²) < 4.78 is 43.3. The Labute approximate surface area is 169 Å². The van der Waals surface area contributed by atoms with Crippen molar-refractivity contribution in [2.45, 2.75) is 41.9 Å². The Balaban J connectivity index is 1.60. The topological polar surface area (TPSA) is 46.2 Å². The molecular weight excluding hydrogens is 393 g/mol. The maximum absolute atomic E-state index is 13.8. The first-order valence-electron chi connectivity index (χ1n) is 9.42. The maximum atomic E-state index is 13.8. The van der Waals surface area contributed by atoms with Crippen molar-refractivity contribution in [1.29, 1.82) is 0 Å². The lowest BCUT2D eigenvalue weighted by atomic mass is 10.00. The first-order chi connectivity index (χ1) is 13.5. The molecule has 3 aromatic rings. The number of aryl methyl sites for hydroxylation is 1. The summed E-state index contributed by atoms with van der Waals surface area (Å²) in [6.45, 7) is 0. The SMILES string of the molecule is O=S(=O)(NC(CCc1ccccc1)c1cccc(F)c1)c1sccc1C1CC1. The second-order valence-electron chi connectivity index (χ2n) is 7.19. The highest BCUT2D eigenvalue weighted by molar-refractivity contribution is 7.91. The van der Waals surface area contributed by atoms with Crippen LogP contribution in [0, 0.1) is 5.82 Å². The number of halogens is 1. The normalized spacial score (nSPS) is 15.5. The second-order valence-corrected chi connectivity index (χ2v) is 10.0. The van der Waals surface area contributed by atoms with E-state index in [0.717, 1.165) is 24.0 Å². The highest BCUT2D eigenvalue weighted by atomic mass is 32.2. The fraction of sp³-hybridized carbons (Fsp3) is 0.273. The molecular formula is C22H22FNO2S2. The van der Waals surface area contributed by atoms with Crippen molar-refractivity contribution in [1.82, 2.24) is 4.72 Å². The van der Waals surface area contributed by atoms with Gasteiger partial charge in [0.15, 0.2) is 0 Å². The zero-order chi connectivity index (χ0) is 19.6. The van der Waals surface area contributed by atoms with E-state index in [2.05, 4.69) is 4.72 Å². The van der Waals surface area contributed by atoms with Crippen LogP contribution in [0.4, 0.5) is 4.39 Å². The van der Waals surface area contributed by atoms with E-state index in [1.807, 2.05) is 41.8 Å². The summed E-state index contributed by atoms with van der Waals surface area (Å²) in [4.78, 5) is 0. The quantitative estimate of drug-likeness (QED) is 0.534. The molecule has 0 radical (unpaired) electrons. The molecule has 1 aromatic heterocycles. The molecule has 0 amide bonds. The first-order valence-corrected chi connectivity index (χ1v) is 11.8. The van der Waals surface area contributed by atoms with Gasteiger partial charge in [-0.15, -0.1) is 11.3 Å². The Bertz CT molecular complexity index is 1040. The molecule has 1 saturated carbocycles. The average Bonchev–Trinajstić information content (AvgIpc) is 3.41. The summed E-state index contributed by atoms with van der Waals surface area (Å²) in [7, 11) is -3.67. The van der Waals surface area contributed by atoms with Crippen molar-refractivity contribution in [3.8, 4) is 0 Å². The van der Waals surface area contributed by atoms with Gasteiger partial charge in [0.05, 0.1) is 0 Å². The van der Waals surface area contributed by atoms with Gasteiger partial charge in [0, 0.05) is 6.04 Å². The van der Waals surface area contributed by atoms with Crippen LogP contribution in [0.5, 0.6) is 0 Å². The minimum atomic E-state index is -3.67. The fourth-order valence-electron chi connectivity index (χ4n) is 3.43. The van der Waals surface area contributed by atoms with Crippen LogP contribution in [0.2, 0.25) is 0 Å². The van der Waals surface area contributed by atoms with Gasteiger partial charge in [-0.05, 0) is 71.9 Å². The maximum Gasteiger partial charge on any atom is 0.250 e. The number of benzene rings is 2. The monoisotopic (exact) mass is 415 g/mol. The number of sulfonamides is 1. The van der Waals surface area contributed by atoms with E-state index >= 15 is 0 Å². The molecule has 1 aliphatic rings. The largest absolute Gasteiger partial charge is 0.250 e. The number of hydrogen-bond donors (Lipinski definition) is 1. The van der Waals surface area contributed by atoms with Crippen molar-refractivity contribution in [2.24, 2.45) is 0 Å². The Morgan fingerprint density at radius 3 is 2.57 bits per heavy atom. The Morgan fingerprint density at radius 2 is 1.86 bits per heavy atom. The summed E-state index contributed by atoms with van der Waals surface area (Å²) >= 11 is 1.26. The summed E-state index contributed by atoms with van der Waals surface area (Å²) in [5.74, 6) is -0.00837. The molecule has 0 saturated heterocycles. The third-order valence-corrected chi connectivity index (χ3v) is 8.02. The second kappa shape index (κ2) is 8.15. The molecule has 2 aromatic carbocycles. The third-order valence-electron chi connectivity index (χ3n) is 5.03. The van der Waals surface area contributed by atoms with E-state index in [4.69, 9.17) is 0 Å². The molecule has 1 heterocycles. The van der Waals surface area contributed by atoms with Crippen LogP contribution in [0.25, 0.3) is 0 Å². The average molecular weight is 416 g/mol. The predicted molar refractivity (Wildman–Crippen MR) is 111 cm³/mol. The molecule has 4 rings (SSSR count). The Kier molecular flexibility index (Phi) is 5.62. The van der Waals surface area contributed by atoms with Gasteiger partial charge in [-0.25, -0.2) is 17.5 Å². The van der Waals surface area contributed by atoms with Crippen LogP contribution < -0.4 is 4.72 Å². The van der Waals surface area contributed by atoms with Gasteiger partial charge in [0.2, 0.25) is 0 Å². The lowest BCUT2D eigenvalue weighted by molar-refractivity contribution is 0.537. The minimum absolute atomic E-state index is 0.356. The molecule has 1 unspecified atom stereocenters. The molecule has 3 nitrogen and oxygen atoms in total. The van der Waals surface area contributed by atoms with Crippen molar-refractivity contribution in [3.63, 3.8) is 0 Å². The molecule has 146 valence electrons. The van der Waals surface area contributed by atoms with Gasteiger partial charge >= 0.3 is 0 Å². The van der Waals surface area contributed by atoms with Gasteiger partial charge in [-0.2, -0.15) is 0 Å². The van der Waals surface area contributed by atoms with E-state index in [9.17, 15) is 12.8 Å². The van der Waals surface area contributed by atoms with Crippen LogP contribution in [0.15, 0.2) is 70.3 Å². The summed E-state index contributed by atoms with van der Waals surface area (Å²) in [5, 5.41) is 1.84. The van der Waals surface area contributed by atoms with Gasteiger partial charge in [0.25, 0.3) is 10.0 Å². The molecule has 0 spiro atoms. The van der Waals surface area contributed by atoms with Crippen LogP contribution >= 0.6 is 11.3 Å². The Hall–Kier alpha value is -2.02. The van der Waals surface area contributed by atoms with E-state index in [-0.39, 0.29) is 5.82 Å². The van der Waals surface area contributed by atoms with Crippen LogP contribution in [-0.4, -0.2) is 8.42 Å². The zero-order valence-electron chi connectivity index (χ0n) is 15.3. The third kappa shape index (κ3) is 4.51. The summed E-state index contributed by atoms with van der Waals surface area (Å²) in [5.41, 5.74) is 2.68. The first kappa shape index (κ1) is 19.3. The van der Waals surface area contributed by atoms with Gasteiger partial charge in [-0.1, -0.05) is 42.5 Å². The Morgan fingerprint density at radius 1 is 1.07 bits per heavy atom. The van der Waals surface area contributed by atoms with E-state index in [1.54, 1.807) is 12.1 Å². The minimum Gasteiger partial charge on any atom is -0.207 e. The van der Waals surface area contributed by atoms with Crippen molar-refractivity contribution in [2.75, 3.05) is 0 Å². The van der Waals surface area contributed by atoms with Crippen LogP contribution in [-0.2, 0) is 16.4 Å². The van der Waals surface area contributed by atoms with Crippen molar-refractivity contribution in [3.05, 3.63) is 88.6 Å². The van der Waals surface area contributed by atoms with Crippen molar-refractivity contribution < 1.29 is 12.8 Å². The number of rotatable bonds is 8. The van der Waals surface area contributed by atoms with Crippen molar-refractivity contribution >= 4 is 21.4 Å². The number of thiophene rings is 1. The molecule has 1 aliphatic carbocycles. The van der Waals surface area contributed by atoms with E-state index in [1.165, 1.54) is 23.5 Å². The van der Waals surface area contributed by atoms with E-state index in [0.29, 0.717) is 28.5 Å². The molecule has 6 heteroatoms. The van der Waals surface area contributed by atoms with E-state index < -0.39 is 16.1 Å². The highest BCUT2D eigenvalue weighted by Gasteiger charge is 2.32. The van der Waals surface area contributed by atoms with Gasteiger partial charge < -0.3 is 0 Å². The fourth-order valence-corrected chi connectivity index (χ4v) is 6.24. The standard InChI is InChI=1S/C22H22FNO2S2/c23-19-8-4-7-18(15-19)21(12-9-16-5-2-1-3-6-16)24-28(25,26)22-20(13-14-27-22)17-10-11-17/h1-8,13-15,17,21,24H,9-12H2. The number of nitrogens with one attached hydrogen (secondary N) is 1. The predicted octanol–water partition coefficient (Wildman–Crippen LogP) is 5.42. The molecule has 1 atom stereocenters.